The predicted octanol–water partition coefficient (Wildman–Crippen LogP) is 2.29. The molecule has 0 atom stereocenters. The predicted molar refractivity (Wildman–Crippen MR) is 60.0 cm³/mol. The molecule has 1 aromatic carbocycles. The van der Waals surface area contributed by atoms with Gasteiger partial charge in [0.15, 0.2) is 11.6 Å². The van der Waals surface area contributed by atoms with E-state index in [9.17, 15) is 13.6 Å². The fraction of sp³-hybridized carbons (Fsp3) is 0.167. The minimum Gasteiger partial charge on any atom is -0.481 e. The van der Waals surface area contributed by atoms with Crippen molar-refractivity contribution < 1.29 is 18.7 Å². The van der Waals surface area contributed by atoms with Gasteiger partial charge in [0.2, 0.25) is 0 Å². The van der Waals surface area contributed by atoms with Crippen LogP contribution < -0.4 is 0 Å². The summed E-state index contributed by atoms with van der Waals surface area (Å²) < 4.78 is 26.0. The van der Waals surface area contributed by atoms with Crippen molar-refractivity contribution in [1.29, 1.82) is 0 Å². The highest BCUT2D eigenvalue weighted by Gasteiger charge is 2.16. The van der Waals surface area contributed by atoms with Gasteiger partial charge >= 0.3 is 5.97 Å². The number of carboxylic acid groups (broad SMARTS) is 1. The molecule has 1 aromatic heterocycles. The summed E-state index contributed by atoms with van der Waals surface area (Å²) in [6, 6.07) is 3.42. The molecule has 0 amide bonds. The number of hydrogen-bond acceptors (Lipinski definition) is 2. The number of carboxylic acids is 1. The van der Waals surface area contributed by atoms with E-state index in [1.165, 1.54) is 6.07 Å². The van der Waals surface area contributed by atoms with E-state index in [1.807, 2.05) is 0 Å². The van der Waals surface area contributed by atoms with Gasteiger partial charge in [-0.3, -0.25) is 9.89 Å². The third-order valence-electron chi connectivity index (χ3n) is 2.55. The van der Waals surface area contributed by atoms with E-state index < -0.39 is 17.6 Å². The van der Waals surface area contributed by atoms with Crippen LogP contribution >= 0.6 is 0 Å². The molecular formula is C12H10F2N2O2. The fourth-order valence-corrected chi connectivity index (χ4v) is 1.79. The first-order valence-electron chi connectivity index (χ1n) is 5.20. The molecule has 0 aliphatic carbocycles. The van der Waals surface area contributed by atoms with Crippen LogP contribution in [0.15, 0.2) is 18.2 Å². The quantitative estimate of drug-likeness (QED) is 0.880. The SMILES string of the molecule is Cc1[nH]nc(CC(=O)O)c1-c1ccc(F)c(F)c1. The van der Waals surface area contributed by atoms with Crippen LogP contribution in [-0.2, 0) is 11.2 Å². The molecule has 0 saturated heterocycles. The van der Waals surface area contributed by atoms with Gasteiger partial charge in [0.1, 0.15) is 0 Å². The zero-order valence-electron chi connectivity index (χ0n) is 9.50. The van der Waals surface area contributed by atoms with Crippen LogP contribution in [0, 0.1) is 18.6 Å². The summed E-state index contributed by atoms with van der Waals surface area (Å²) >= 11 is 0. The Kier molecular flexibility index (Phi) is 3.10. The van der Waals surface area contributed by atoms with E-state index in [-0.39, 0.29) is 6.42 Å². The lowest BCUT2D eigenvalue weighted by molar-refractivity contribution is -0.136. The van der Waals surface area contributed by atoms with Crippen molar-refractivity contribution in [3.63, 3.8) is 0 Å². The Hall–Kier alpha value is -2.24. The lowest BCUT2D eigenvalue weighted by Gasteiger charge is -2.03. The summed E-state index contributed by atoms with van der Waals surface area (Å²) in [5, 5.41) is 15.3. The third kappa shape index (κ3) is 2.22. The number of aromatic nitrogens is 2. The number of aliphatic carboxylic acids is 1. The zero-order valence-corrected chi connectivity index (χ0v) is 9.50. The Bertz CT molecular complexity index is 608. The van der Waals surface area contributed by atoms with Crippen LogP contribution in [0.2, 0.25) is 0 Å². The van der Waals surface area contributed by atoms with Crippen molar-refractivity contribution >= 4 is 5.97 Å². The number of carbonyl (C=O) groups is 1. The molecule has 6 heteroatoms. The Morgan fingerprint density at radius 3 is 2.72 bits per heavy atom. The largest absolute Gasteiger partial charge is 0.481 e. The summed E-state index contributed by atoms with van der Waals surface area (Å²) in [4.78, 5) is 10.7. The second kappa shape index (κ2) is 4.56. The summed E-state index contributed by atoms with van der Waals surface area (Å²) in [7, 11) is 0. The van der Waals surface area contributed by atoms with Gasteiger partial charge in [0.25, 0.3) is 0 Å². The molecule has 0 spiro atoms. The molecule has 18 heavy (non-hydrogen) atoms. The van der Waals surface area contributed by atoms with Gasteiger partial charge in [-0.15, -0.1) is 0 Å². The topological polar surface area (TPSA) is 66.0 Å². The van der Waals surface area contributed by atoms with E-state index in [2.05, 4.69) is 10.2 Å². The highest BCUT2D eigenvalue weighted by Crippen LogP contribution is 2.27. The Balaban J connectivity index is 2.52. The lowest BCUT2D eigenvalue weighted by Crippen LogP contribution is -2.02. The molecule has 1 heterocycles. The highest BCUT2D eigenvalue weighted by molar-refractivity contribution is 5.76. The molecule has 0 unspecified atom stereocenters. The molecular weight excluding hydrogens is 242 g/mol. The van der Waals surface area contributed by atoms with Gasteiger partial charge in [-0.25, -0.2) is 8.78 Å². The number of nitrogens with one attached hydrogen (secondary N) is 1. The molecule has 0 aliphatic rings. The molecule has 0 fully saturated rings. The van der Waals surface area contributed by atoms with Crippen molar-refractivity contribution in [1.82, 2.24) is 10.2 Å². The molecule has 94 valence electrons. The second-order valence-corrected chi connectivity index (χ2v) is 3.87. The van der Waals surface area contributed by atoms with Crippen molar-refractivity contribution in [2.24, 2.45) is 0 Å². The van der Waals surface area contributed by atoms with Gasteiger partial charge in [0, 0.05) is 11.3 Å². The number of rotatable bonds is 3. The van der Waals surface area contributed by atoms with E-state index in [0.717, 1.165) is 12.1 Å². The van der Waals surface area contributed by atoms with Crippen LogP contribution in [0.4, 0.5) is 8.78 Å². The van der Waals surface area contributed by atoms with Crippen LogP contribution in [0.1, 0.15) is 11.4 Å². The van der Waals surface area contributed by atoms with Gasteiger partial charge in [-0.1, -0.05) is 6.07 Å². The molecule has 0 saturated carbocycles. The number of hydrogen-bond donors (Lipinski definition) is 2. The van der Waals surface area contributed by atoms with E-state index in [4.69, 9.17) is 5.11 Å². The first kappa shape index (κ1) is 12.2. The third-order valence-corrected chi connectivity index (χ3v) is 2.55. The maximum Gasteiger partial charge on any atom is 0.309 e. The van der Waals surface area contributed by atoms with Crippen molar-refractivity contribution in [2.45, 2.75) is 13.3 Å². The standard InChI is InChI=1S/C12H10F2N2O2/c1-6-12(10(16-15-6)5-11(17)18)7-2-3-8(13)9(14)4-7/h2-4H,5H2,1H3,(H,15,16)(H,17,18). The minimum absolute atomic E-state index is 0.279. The smallest absolute Gasteiger partial charge is 0.309 e. The number of aryl methyl sites for hydroxylation is 1. The summed E-state index contributed by atoms with van der Waals surface area (Å²) in [6.07, 6.45) is -0.279. The van der Waals surface area contributed by atoms with Gasteiger partial charge in [-0.05, 0) is 24.6 Å². The van der Waals surface area contributed by atoms with E-state index in [0.29, 0.717) is 22.5 Å². The molecule has 2 N–H and O–H groups in total. The first-order chi connectivity index (χ1) is 8.49. The molecule has 4 nitrogen and oxygen atoms in total. The molecule has 2 rings (SSSR count). The number of benzene rings is 1. The average Bonchev–Trinajstić information content (AvgIpc) is 2.63. The van der Waals surface area contributed by atoms with E-state index >= 15 is 0 Å². The van der Waals surface area contributed by atoms with Crippen LogP contribution in [0.25, 0.3) is 11.1 Å². The summed E-state index contributed by atoms with van der Waals surface area (Å²) in [6.45, 7) is 1.69. The zero-order chi connectivity index (χ0) is 13.3. The Morgan fingerprint density at radius 1 is 1.39 bits per heavy atom. The molecule has 2 aromatic rings. The number of H-pyrrole nitrogens is 1. The molecule has 0 radical (unpaired) electrons. The maximum atomic E-state index is 13.2. The highest BCUT2D eigenvalue weighted by atomic mass is 19.2. The van der Waals surface area contributed by atoms with Crippen molar-refractivity contribution in [3.05, 3.63) is 41.2 Å². The fourth-order valence-electron chi connectivity index (χ4n) is 1.79. The van der Waals surface area contributed by atoms with E-state index in [1.54, 1.807) is 6.92 Å². The number of halogens is 2. The first-order valence-corrected chi connectivity index (χ1v) is 5.20. The lowest BCUT2D eigenvalue weighted by atomic mass is 10.0. The monoisotopic (exact) mass is 252 g/mol. The Morgan fingerprint density at radius 2 is 2.11 bits per heavy atom. The van der Waals surface area contributed by atoms with Gasteiger partial charge < -0.3 is 5.11 Å². The van der Waals surface area contributed by atoms with Gasteiger partial charge in [-0.2, -0.15) is 5.10 Å². The number of aromatic amines is 1. The van der Waals surface area contributed by atoms with Gasteiger partial charge in [0.05, 0.1) is 12.1 Å². The van der Waals surface area contributed by atoms with Crippen molar-refractivity contribution in [3.8, 4) is 11.1 Å². The second-order valence-electron chi connectivity index (χ2n) is 3.87. The van der Waals surface area contributed by atoms with Crippen molar-refractivity contribution in [2.75, 3.05) is 0 Å². The van der Waals surface area contributed by atoms with Crippen LogP contribution in [0.3, 0.4) is 0 Å². The molecule has 0 bridgehead atoms. The minimum atomic E-state index is -1.04. The number of nitrogens with zero attached hydrogens (tertiary/aromatic N) is 1. The summed E-state index contributed by atoms with van der Waals surface area (Å²) in [5.74, 6) is -2.96. The summed E-state index contributed by atoms with van der Waals surface area (Å²) in [5.41, 5.74) is 1.80. The average molecular weight is 252 g/mol. The van der Waals surface area contributed by atoms with Crippen LogP contribution in [0.5, 0.6) is 0 Å². The maximum absolute atomic E-state index is 13.2. The Labute approximate surface area is 101 Å². The normalized spacial score (nSPS) is 10.6. The van der Waals surface area contributed by atoms with Crippen LogP contribution in [-0.4, -0.2) is 21.3 Å². The molecule has 0 aliphatic heterocycles.